The second-order valence-corrected chi connectivity index (χ2v) is 5.18. The Balaban J connectivity index is 2.58. The van der Waals surface area contributed by atoms with Gasteiger partial charge in [-0.3, -0.25) is 0 Å². The predicted molar refractivity (Wildman–Crippen MR) is 76.8 cm³/mol. The molecule has 0 aromatic heterocycles. The molecule has 0 aliphatic rings. The fourth-order valence-electron chi connectivity index (χ4n) is 2.29. The summed E-state index contributed by atoms with van der Waals surface area (Å²) in [5, 5.41) is 3.46. The molecule has 1 unspecified atom stereocenters. The standard InChI is InChI=1S/C16H24F3N/c1-3-6-15(20-11-4-2)10-9-13-7-5-8-14(12-13)16(17,18)19/h5,7-8,12,15,20H,3-4,6,9-11H2,1-2H3. The number of hydrogen-bond donors (Lipinski definition) is 1. The molecule has 1 N–H and O–H groups in total. The van der Waals surface area contributed by atoms with Crippen molar-refractivity contribution in [1.82, 2.24) is 5.32 Å². The van der Waals surface area contributed by atoms with Crippen molar-refractivity contribution in [2.45, 2.75) is 58.2 Å². The molecule has 0 fully saturated rings. The zero-order valence-electron chi connectivity index (χ0n) is 12.3. The minimum Gasteiger partial charge on any atom is -0.314 e. The second-order valence-electron chi connectivity index (χ2n) is 5.18. The van der Waals surface area contributed by atoms with E-state index in [2.05, 4.69) is 19.2 Å². The molecule has 0 amide bonds. The van der Waals surface area contributed by atoms with Gasteiger partial charge in [-0.1, -0.05) is 38.5 Å². The van der Waals surface area contributed by atoms with Crippen LogP contribution in [0.5, 0.6) is 0 Å². The van der Waals surface area contributed by atoms with Gasteiger partial charge in [-0.15, -0.1) is 0 Å². The monoisotopic (exact) mass is 287 g/mol. The molecule has 0 radical (unpaired) electrons. The van der Waals surface area contributed by atoms with Gasteiger partial charge in [0.1, 0.15) is 0 Å². The van der Waals surface area contributed by atoms with Crippen molar-refractivity contribution in [2.75, 3.05) is 6.54 Å². The van der Waals surface area contributed by atoms with Crippen molar-refractivity contribution in [3.8, 4) is 0 Å². The maximum atomic E-state index is 12.6. The molecule has 1 rings (SSSR count). The highest BCUT2D eigenvalue weighted by Gasteiger charge is 2.30. The SMILES string of the molecule is CCCNC(CCC)CCc1cccc(C(F)(F)F)c1. The summed E-state index contributed by atoms with van der Waals surface area (Å²) < 4.78 is 37.9. The van der Waals surface area contributed by atoms with E-state index in [4.69, 9.17) is 0 Å². The van der Waals surface area contributed by atoms with Crippen LogP contribution in [0.1, 0.15) is 50.7 Å². The van der Waals surface area contributed by atoms with Crippen molar-refractivity contribution in [1.29, 1.82) is 0 Å². The summed E-state index contributed by atoms with van der Waals surface area (Å²) in [5.74, 6) is 0. The van der Waals surface area contributed by atoms with Gasteiger partial charge in [0.15, 0.2) is 0 Å². The van der Waals surface area contributed by atoms with Crippen molar-refractivity contribution in [2.24, 2.45) is 0 Å². The lowest BCUT2D eigenvalue weighted by atomic mass is 10.0. The van der Waals surface area contributed by atoms with E-state index in [1.165, 1.54) is 12.1 Å². The van der Waals surface area contributed by atoms with E-state index >= 15 is 0 Å². The van der Waals surface area contributed by atoms with E-state index in [0.717, 1.165) is 43.9 Å². The maximum absolute atomic E-state index is 12.6. The zero-order chi connectivity index (χ0) is 15.0. The lowest BCUT2D eigenvalue weighted by Gasteiger charge is -2.18. The van der Waals surface area contributed by atoms with Crippen LogP contribution in [-0.4, -0.2) is 12.6 Å². The maximum Gasteiger partial charge on any atom is 0.416 e. The third-order valence-electron chi connectivity index (χ3n) is 3.36. The Morgan fingerprint density at radius 1 is 1.10 bits per heavy atom. The average Bonchev–Trinajstić information content (AvgIpc) is 2.41. The molecule has 1 atom stereocenters. The van der Waals surface area contributed by atoms with Crippen molar-refractivity contribution in [3.05, 3.63) is 35.4 Å². The van der Waals surface area contributed by atoms with Gasteiger partial charge in [0, 0.05) is 6.04 Å². The number of rotatable bonds is 8. The van der Waals surface area contributed by atoms with Crippen molar-refractivity contribution >= 4 is 0 Å². The summed E-state index contributed by atoms with van der Waals surface area (Å²) in [4.78, 5) is 0. The Hall–Kier alpha value is -1.03. The first-order valence-electron chi connectivity index (χ1n) is 7.36. The lowest BCUT2D eigenvalue weighted by molar-refractivity contribution is -0.137. The number of nitrogens with one attached hydrogen (secondary N) is 1. The molecular formula is C16H24F3N. The summed E-state index contributed by atoms with van der Waals surface area (Å²) in [6.45, 7) is 5.21. The van der Waals surface area contributed by atoms with Gasteiger partial charge in [-0.05, 0) is 43.9 Å². The molecule has 0 heterocycles. The molecule has 1 aromatic rings. The smallest absolute Gasteiger partial charge is 0.314 e. The van der Waals surface area contributed by atoms with E-state index in [1.54, 1.807) is 6.07 Å². The van der Waals surface area contributed by atoms with Gasteiger partial charge in [0.05, 0.1) is 5.56 Å². The van der Waals surface area contributed by atoms with E-state index in [1.807, 2.05) is 0 Å². The molecule has 0 aliphatic heterocycles. The first-order chi connectivity index (χ1) is 9.47. The molecule has 0 saturated heterocycles. The summed E-state index contributed by atoms with van der Waals surface area (Å²) in [5.41, 5.74) is 0.211. The number of hydrogen-bond acceptors (Lipinski definition) is 1. The van der Waals surface area contributed by atoms with E-state index in [0.29, 0.717) is 12.5 Å². The summed E-state index contributed by atoms with van der Waals surface area (Å²) >= 11 is 0. The Labute approximate surface area is 119 Å². The second kappa shape index (κ2) is 8.30. The van der Waals surface area contributed by atoms with Gasteiger partial charge in [-0.2, -0.15) is 13.2 Å². The van der Waals surface area contributed by atoms with Gasteiger partial charge in [0.25, 0.3) is 0 Å². The van der Waals surface area contributed by atoms with Gasteiger partial charge in [-0.25, -0.2) is 0 Å². The first-order valence-corrected chi connectivity index (χ1v) is 7.36. The third-order valence-corrected chi connectivity index (χ3v) is 3.36. The van der Waals surface area contributed by atoms with Crippen LogP contribution in [-0.2, 0) is 12.6 Å². The summed E-state index contributed by atoms with van der Waals surface area (Å²) in [6, 6.07) is 6.06. The normalized spacial score (nSPS) is 13.4. The Morgan fingerprint density at radius 3 is 2.45 bits per heavy atom. The largest absolute Gasteiger partial charge is 0.416 e. The van der Waals surface area contributed by atoms with Crippen LogP contribution in [0.4, 0.5) is 13.2 Å². The summed E-state index contributed by atoms with van der Waals surface area (Å²) in [7, 11) is 0. The minimum absolute atomic E-state index is 0.398. The molecule has 0 spiro atoms. The minimum atomic E-state index is -4.25. The lowest BCUT2D eigenvalue weighted by Crippen LogP contribution is -2.30. The highest BCUT2D eigenvalue weighted by atomic mass is 19.4. The highest BCUT2D eigenvalue weighted by molar-refractivity contribution is 5.25. The van der Waals surface area contributed by atoms with Gasteiger partial charge in [0.2, 0.25) is 0 Å². The van der Waals surface area contributed by atoms with Crippen LogP contribution in [0.15, 0.2) is 24.3 Å². The molecule has 20 heavy (non-hydrogen) atoms. The molecule has 0 saturated carbocycles. The van der Waals surface area contributed by atoms with Crippen LogP contribution >= 0.6 is 0 Å². The van der Waals surface area contributed by atoms with Crippen LogP contribution in [0.2, 0.25) is 0 Å². The molecule has 0 bridgehead atoms. The van der Waals surface area contributed by atoms with Gasteiger partial charge < -0.3 is 5.32 Å². The highest BCUT2D eigenvalue weighted by Crippen LogP contribution is 2.29. The molecule has 1 aromatic carbocycles. The topological polar surface area (TPSA) is 12.0 Å². The molecule has 1 nitrogen and oxygen atoms in total. The van der Waals surface area contributed by atoms with Crippen molar-refractivity contribution in [3.63, 3.8) is 0 Å². The van der Waals surface area contributed by atoms with E-state index in [9.17, 15) is 13.2 Å². The van der Waals surface area contributed by atoms with Crippen molar-refractivity contribution < 1.29 is 13.2 Å². The van der Waals surface area contributed by atoms with Crippen LogP contribution in [0.25, 0.3) is 0 Å². The average molecular weight is 287 g/mol. The molecule has 114 valence electrons. The third kappa shape index (κ3) is 5.95. The van der Waals surface area contributed by atoms with Gasteiger partial charge >= 0.3 is 6.18 Å². The van der Waals surface area contributed by atoms with Crippen LogP contribution < -0.4 is 5.32 Å². The zero-order valence-corrected chi connectivity index (χ0v) is 12.3. The number of halogens is 3. The predicted octanol–water partition coefficient (Wildman–Crippen LogP) is 4.81. The number of alkyl halides is 3. The molecule has 0 aliphatic carbocycles. The number of benzene rings is 1. The Kier molecular flexibility index (Phi) is 7.06. The fraction of sp³-hybridized carbons (Fsp3) is 0.625. The fourth-order valence-corrected chi connectivity index (χ4v) is 2.29. The first kappa shape index (κ1) is 17.0. The Morgan fingerprint density at radius 2 is 1.85 bits per heavy atom. The van der Waals surface area contributed by atoms with E-state index in [-0.39, 0.29) is 0 Å². The number of aryl methyl sites for hydroxylation is 1. The van der Waals surface area contributed by atoms with Crippen LogP contribution in [0, 0.1) is 0 Å². The quantitative estimate of drug-likeness (QED) is 0.723. The van der Waals surface area contributed by atoms with E-state index < -0.39 is 11.7 Å². The Bertz CT molecular complexity index is 388. The van der Waals surface area contributed by atoms with Crippen LogP contribution in [0.3, 0.4) is 0 Å². The molecular weight excluding hydrogens is 263 g/mol. The summed E-state index contributed by atoms with van der Waals surface area (Å²) in [6.07, 6.45) is 0.548. The molecule has 4 heteroatoms.